The molecule has 2 N–H and O–H groups in total. The highest BCUT2D eigenvalue weighted by atomic mass is 16.4. The Morgan fingerprint density at radius 1 is 1.21 bits per heavy atom. The molecular formula is C11H12O3. The number of fused-ring (bicyclic) bond motifs is 1. The zero-order valence-corrected chi connectivity index (χ0v) is 7.68. The van der Waals surface area contributed by atoms with Gasteiger partial charge in [0.25, 0.3) is 0 Å². The molecule has 1 aliphatic rings. The molecule has 2 rings (SSSR count). The van der Waals surface area contributed by atoms with Gasteiger partial charge in [-0.1, -0.05) is 24.3 Å². The largest absolute Gasteiger partial charge is 0.481 e. The summed E-state index contributed by atoms with van der Waals surface area (Å²) in [5.41, 5.74) is 2.11. The van der Waals surface area contributed by atoms with Gasteiger partial charge < -0.3 is 10.2 Å². The van der Waals surface area contributed by atoms with Gasteiger partial charge in [-0.05, 0) is 24.0 Å². The molecule has 0 fully saturated rings. The quantitative estimate of drug-likeness (QED) is 0.693. The number of aliphatic hydroxyl groups is 1. The van der Waals surface area contributed by atoms with Gasteiger partial charge in [-0.2, -0.15) is 0 Å². The lowest BCUT2D eigenvalue weighted by atomic mass is 9.82. The summed E-state index contributed by atoms with van der Waals surface area (Å²) < 4.78 is 0. The van der Waals surface area contributed by atoms with E-state index in [2.05, 4.69) is 0 Å². The molecule has 3 heteroatoms. The van der Waals surface area contributed by atoms with Crippen molar-refractivity contribution in [2.75, 3.05) is 0 Å². The van der Waals surface area contributed by atoms with Crippen molar-refractivity contribution in [2.45, 2.75) is 18.9 Å². The van der Waals surface area contributed by atoms with E-state index in [1.165, 1.54) is 0 Å². The molecule has 0 amide bonds. The smallest absolute Gasteiger partial charge is 0.309 e. The third-order valence-corrected chi connectivity index (χ3v) is 2.77. The van der Waals surface area contributed by atoms with E-state index in [4.69, 9.17) is 5.11 Å². The summed E-state index contributed by atoms with van der Waals surface area (Å²) in [6, 6.07) is 7.68. The van der Waals surface area contributed by atoms with E-state index in [0.717, 1.165) is 11.1 Å². The van der Waals surface area contributed by atoms with Crippen LogP contribution in [-0.2, 0) is 17.6 Å². The summed E-state index contributed by atoms with van der Waals surface area (Å²) in [5, 5.41) is 18.5. The average Bonchev–Trinajstić information content (AvgIpc) is 2.16. The fourth-order valence-corrected chi connectivity index (χ4v) is 1.95. The zero-order valence-electron chi connectivity index (χ0n) is 7.68. The van der Waals surface area contributed by atoms with Gasteiger partial charge >= 0.3 is 5.97 Å². The second kappa shape index (κ2) is 3.42. The molecular weight excluding hydrogens is 180 g/mol. The Kier molecular flexibility index (Phi) is 2.25. The van der Waals surface area contributed by atoms with Gasteiger partial charge in [-0.25, -0.2) is 0 Å². The van der Waals surface area contributed by atoms with Crippen LogP contribution in [-0.4, -0.2) is 22.3 Å². The maximum Gasteiger partial charge on any atom is 0.309 e. The molecule has 0 radical (unpaired) electrons. The van der Waals surface area contributed by atoms with Crippen LogP contribution < -0.4 is 0 Å². The van der Waals surface area contributed by atoms with E-state index in [1.807, 2.05) is 24.3 Å². The summed E-state index contributed by atoms with van der Waals surface area (Å²) in [7, 11) is 0. The molecule has 0 heterocycles. The SMILES string of the molecule is O=C(O)[C@@H]1Cc2ccccc2C[C@@H]1O. The minimum atomic E-state index is -0.910. The predicted octanol–water partition coefficient (Wildman–Crippen LogP) is 0.847. The van der Waals surface area contributed by atoms with Crippen molar-refractivity contribution in [1.82, 2.24) is 0 Å². The van der Waals surface area contributed by atoms with Crippen molar-refractivity contribution in [3.05, 3.63) is 35.4 Å². The lowest BCUT2D eigenvalue weighted by Crippen LogP contribution is -2.35. The highest BCUT2D eigenvalue weighted by molar-refractivity contribution is 5.71. The Morgan fingerprint density at radius 2 is 1.79 bits per heavy atom. The number of carboxylic acids is 1. The van der Waals surface area contributed by atoms with Gasteiger partial charge in [-0.3, -0.25) is 4.79 Å². The van der Waals surface area contributed by atoms with E-state index in [0.29, 0.717) is 12.8 Å². The van der Waals surface area contributed by atoms with Gasteiger partial charge in [-0.15, -0.1) is 0 Å². The number of hydrogen-bond donors (Lipinski definition) is 2. The van der Waals surface area contributed by atoms with Crippen LogP contribution >= 0.6 is 0 Å². The van der Waals surface area contributed by atoms with E-state index in [1.54, 1.807) is 0 Å². The standard InChI is InChI=1S/C11H12O3/c12-10-6-8-4-2-1-3-7(8)5-9(10)11(13)14/h1-4,9-10,12H,5-6H2,(H,13,14)/t9-,10+/m1/s1. The van der Waals surface area contributed by atoms with Crippen molar-refractivity contribution in [1.29, 1.82) is 0 Å². The molecule has 2 atom stereocenters. The Bertz CT molecular complexity index is 359. The Morgan fingerprint density at radius 3 is 2.36 bits per heavy atom. The van der Waals surface area contributed by atoms with Crippen molar-refractivity contribution in [3.63, 3.8) is 0 Å². The lowest BCUT2D eigenvalue weighted by Gasteiger charge is -2.26. The maximum atomic E-state index is 10.8. The van der Waals surface area contributed by atoms with Crippen LogP contribution in [0.15, 0.2) is 24.3 Å². The number of benzene rings is 1. The van der Waals surface area contributed by atoms with Crippen molar-refractivity contribution in [2.24, 2.45) is 5.92 Å². The summed E-state index contributed by atoms with van der Waals surface area (Å²) in [6.45, 7) is 0. The molecule has 1 aromatic carbocycles. The molecule has 74 valence electrons. The summed E-state index contributed by atoms with van der Waals surface area (Å²) in [4.78, 5) is 10.8. The average molecular weight is 192 g/mol. The van der Waals surface area contributed by atoms with E-state index in [9.17, 15) is 9.90 Å². The molecule has 0 saturated carbocycles. The minimum absolute atomic E-state index is 0.437. The van der Waals surface area contributed by atoms with Crippen molar-refractivity contribution in [3.8, 4) is 0 Å². The van der Waals surface area contributed by atoms with Gasteiger partial charge in [0.15, 0.2) is 0 Å². The number of carboxylic acid groups (broad SMARTS) is 1. The van der Waals surface area contributed by atoms with Gasteiger partial charge in [0.05, 0.1) is 12.0 Å². The Labute approximate surface area is 82.0 Å². The normalized spacial score (nSPS) is 25.5. The second-order valence-electron chi connectivity index (χ2n) is 3.69. The third-order valence-electron chi connectivity index (χ3n) is 2.77. The first-order chi connectivity index (χ1) is 6.68. The number of rotatable bonds is 1. The topological polar surface area (TPSA) is 57.5 Å². The number of carbonyl (C=O) groups is 1. The molecule has 0 bridgehead atoms. The third kappa shape index (κ3) is 1.51. The molecule has 14 heavy (non-hydrogen) atoms. The number of aliphatic carboxylic acids is 1. The fraction of sp³-hybridized carbons (Fsp3) is 0.364. The maximum absolute atomic E-state index is 10.8. The van der Waals surface area contributed by atoms with E-state index >= 15 is 0 Å². The van der Waals surface area contributed by atoms with Gasteiger partial charge in [0.2, 0.25) is 0 Å². The highest BCUT2D eigenvalue weighted by Gasteiger charge is 2.31. The summed E-state index contributed by atoms with van der Waals surface area (Å²) in [6.07, 6.45) is 0.141. The van der Waals surface area contributed by atoms with E-state index < -0.39 is 18.0 Å². The monoisotopic (exact) mass is 192 g/mol. The first-order valence-electron chi connectivity index (χ1n) is 4.66. The van der Waals surface area contributed by atoms with Crippen LogP contribution in [0.4, 0.5) is 0 Å². The van der Waals surface area contributed by atoms with Crippen LogP contribution in [0, 0.1) is 5.92 Å². The molecule has 0 saturated heterocycles. The van der Waals surface area contributed by atoms with Crippen molar-refractivity contribution >= 4 is 5.97 Å². The molecule has 0 spiro atoms. The van der Waals surface area contributed by atoms with Gasteiger partial charge in [0.1, 0.15) is 0 Å². The van der Waals surface area contributed by atoms with Crippen LogP contribution in [0.1, 0.15) is 11.1 Å². The summed E-state index contributed by atoms with van der Waals surface area (Å²) >= 11 is 0. The first-order valence-corrected chi connectivity index (χ1v) is 4.66. The predicted molar refractivity (Wildman–Crippen MR) is 51.0 cm³/mol. The lowest BCUT2D eigenvalue weighted by molar-refractivity contribution is -0.145. The van der Waals surface area contributed by atoms with Crippen LogP contribution in [0.3, 0.4) is 0 Å². The first kappa shape index (κ1) is 9.21. The van der Waals surface area contributed by atoms with Crippen molar-refractivity contribution < 1.29 is 15.0 Å². The van der Waals surface area contributed by atoms with Crippen LogP contribution in [0.5, 0.6) is 0 Å². The molecule has 0 aromatic heterocycles. The second-order valence-corrected chi connectivity index (χ2v) is 3.69. The molecule has 0 aliphatic heterocycles. The van der Waals surface area contributed by atoms with Gasteiger partial charge in [0, 0.05) is 0 Å². The number of aliphatic hydroxyl groups excluding tert-OH is 1. The molecule has 1 aromatic rings. The van der Waals surface area contributed by atoms with E-state index in [-0.39, 0.29) is 0 Å². The minimum Gasteiger partial charge on any atom is -0.481 e. The van der Waals surface area contributed by atoms with Crippen LogP contribution in [0.25, 0.3) is 0 Å². The Balaban J connectivity index is 2.31. The molecule has 1 aliphatic carbocycles. The molecule has 3 nitrogen and oxygen atoms in total. The molecule has 0 unspecified atom stereocenters. The van der Waals surface area contributed by atoms with Crippen LogP contribution in [0.2, 0.25) is 0 Å². The zero-order chi connectivity index (χ0) is 10.1. The number of hydrogen-bond acceptors (Lipinski definition) is 2. The summed E-state index contributed by atoms with van der Waals surface area (Å²) in [5.74, 6) is -1.56. The highest BCUT2D eigenvalue weighted by Crippen LogP contribution is 2.25. The fourth-order valence-electron chi connectivity index (χ4n) is 1.95. The Hall–Kier alpha value is -1.35.